The van der Waals surface area contributed by atoms with Crippen molar-refractivity contribution in [3.8, 4) is 45.4 Å². The first-order chi connectivity index (χ1) is 27.4. The van der Waals surface area contributed by atoms with Gasteiger partial charge in [-0.2, -0.15) is 5.26 Å². The first kappa shape index (κ1) is 37.3. The van der Waals surface area contributed by atoms with Gasteiger partial charge in [0.25, 0.3) is 0 Å². The van der Waals surface area contributed by atoms with Gasteiger partial charge in [-0.1, -0.05) is 123 Å². The van der Waals surface area contributed by atoms with Gasteiger partial charge in [-0.05, 0) is 57.8 Å². The van der Waals surface area contributed by atoms with Crippen molar-refractivity contribution in [3.05, 3.63) is 187 Å². The van der Waals surface area contributed by atoms with E-state index in [0.717, 1.165) is 71.9 Å². The molecule has 0 atom stereocenters. The summed E-state index contributed by atoms with van der Waals surface area (Å²) in [5, 5.41) is 14.5. The number of hydrogen-bond donors (Lipinski definition) is 0. The van der Waals surface area contributed by atoms with Crippen LogP contribution in [-0.2, 0) is 25.5 Å². The van der Waals surface area contributed by atoms with Crippen LogP contribution in [0.25, 0.3) is 83.1 Å². The number of rotatable bonds is 4. The molecule has 0 aliphatic rings. The molecule has 5 nitrogen and oxygen atoms in total. The largest absolute Gasteiger partial charge is 0.498 e. The molecule has 0 spiro atoms. The summed E-state index contributed by atoms with van der Waals surface area (Å²) in [5.74, 6) is 0. The molecule has 0 aliphatic carbocycles. The number of fused-ring (bicyclic) bond motifs is 6. The van der Waals surface area contributed by atoms with Gasteiger partial charge in [0.1, 0.15) is 17.3 Å². The van der Waals surface area contributed by atoms with Gasteiger partial charge >= 0.3 is 0 Å². The number of nitrogens with zero attached hydrogens (tertiary/aromatic N) is 4. The molecule has 57 heavy (non-hydrogen) atoms. The van der Waals surface area contributed by atoms with Crippen LogP contribution in [0.5, 0.6) is 0 Å². The maximum absolute atomic E-state index is 10.3. The minimum absolute atomic E-state index is 0. The molecule has 10 aromatic rings. The third-order valence-electron chi connectivity index (χ3n) is 10.2. The minimum atomic E-state index is 0. The van der Waals surface area contributed by atoms with Crippen LogP contribution in [0.3, 0.4) is 0 Å². The number of nitriles is 1. The molecule has 4 heterocycles. The molecular weight excluding hydrogens is 877 g/mol. The van der Waals surface area contributed by atoms with Crippen LogP contribution in [0.1, 0.15) is 31.9 Å². The smallest absolute Gasteiger partial charge is 0.146 e. The quantitative estimate of drug-likeness (QED) is 0.165. The van der Waals surface area contributed by atoms with Crippen molar-refractivity contribution in [2.45, 2.75) is 26.2 Å². The van der Waals surface area contributed by atoms with Crippen molar-refractivity contribution >= 4 is 43.7 Å². The zero-order chi connectivity index (χ0) is 38.2. The molecule has 0 aliphatic heterocycles. The number of furan rings is 1. The van der Waals surface area contributed by atoms with Gasteiger partial charge in [-0.25, -0.2) is 0 Å². The van der Waals surface area contributed by atoms with Gasteiger partial charge in [0, 0.05) is 48.7 Å². The molecule has 1 radical (unpaired) electrons. The van der Waals surface area contributed by atoms with Crippen molar-refractivity contribution in [1.29, 1.82) is 5.26 Å². The molecule has 0 saturated heterocycles. The molecule has 0 N–H and O–H groups in total. The molecule has 6 aromatic carbocycles. The molecule has 4 aromatic heterocycles. The Labute approximate surface area is 345 Å². The summed E-state index contributed by atoms with van der Waals surface area (Å²) >= 11 is 0. The number of aromatic nitrogens is 3. The van der Waals surface area contributed by atoms with E-state index in [1.165, 1.54) is 5.56 Å². The molecule has 0 unspecified atom stereocenters. The standard InChI is InChI=1S/C36H20N3O.C15H16N.Ir/c37-22-24-19-20-27-26-14-8-15-28(30-16-6-7-21-38-30)35(26)40-36(27)34(24)39-31-17-5-4-12-29(31)33-25(13-9-18-32(33)39)23-10-2-1-3-11-23;1-15(2,3)13-9-10-14(16-11-13)12-7-5-4-6-8-12;/h1-14,16-21H;4-7,9-11H,1-3H3;/q2*-1;. The molecule has 10 rings (SSSR count). The van der Waals surface area contributed by atoms with Gasteiger partial charge in [0.05, 0.1) is 22.2 Å². The summed E-state index contributed by atoms with van der Waals surface area (Å²) in [6, 6.07) is 59.8. The Morgan fingerprint density at radius 3 is 2.14 bits per heavy atom. The number of pyridine rings is 2. The first-order valence-electron chi connectivity index (χ1n) is 18.6. The average molecular weight is 913 g/mol. The second kappa shape index (κ2) is 15.5. The van der Waals surface area contributed by atoms with E-state index in [2.05, 4.69) is 126 Å². The Bertz CT molecular complexity index is 3050. The molecular formula is C51H36IrN4O-2. The van der Waals surface area contributed by atoms with Crippen LogP contribution in [0.2, 0.25) is 0 Å². The second-order valence-corrected chi connectivity index (χ2v) is 14.7. The van der Waals surface area contributed by atoms with Gasteiger partial charge in [0.15, 0.2) is 0 Å². The SMILES string of the molecule is CC(C)(C)c1ccc(-c2[c-]cccc2)nc1.N#Cc1ccc2c(oc3c(-c4ccccn4)[c-]ccc32)c1-n1c2ccccc2c2c(-c3ccccc3)cccc21.[Ir]. The summed E-state index contributed by atoms with van der Waals surface area (Å²) in [6.45, 7) is 6.58. The number of para-hydroxylation sites is 1. The van der Waals surface area contributed by atoms with E-state index in [1.807, 2.05) is 85.1 Å². The molecule has 6 heteroatoms. The topological polar surface area (TPSA) is 67.6 Å². The van der Waals surface area contributed by atoms with Crippen molar-refractivity contribution in [3.63, 3.8) is 0 Å². The van der Waals surface area contributed by atoms with Gasteiger partial charge < -0.3 is 19.0 Å². The summed E-state index contributed by atoms with van der Waals surface area (Å²) < 4.78 is 8.89. The third kappa shape index (κ3) is 6.83. The Morgan fingerprint density at radius 2 is 1.40 bits per heavy atom. The Hall–Kier alpha value is -6.64. The molecule has 0 saturated carbocycles. The predicted molar refractivity (Wildman–Crippen MR) is 227 cm³/mol. The van der Waals surface area contributed by atoms with Gasteiger partial charge in [-0.15, -0.1) is 54.1 Å². The fourth-order valence-corrected chi connectivity index (χ4v) is 7.47. The van der Waals surface area contributed by atoms with E-state index in [1.54, 1.807) is 6.20 Å². The van der Waals surface area contributed by atoms with Crippen LogP contribution in [0, 0.1) is 23.5 Å². The van der Waals surface area contributed by atoms with E-state index in [4.69, 9.17) is 4.42 Å². The van der Waals surface area contributed by atoms with Gasteiger partial charge in [-0.3, -0.25) is 0 Å². The van der Waals surface area contributed by atoms with Crippen LogP contribution in [0.4, 0.5) is 0 Å². The summed E-state index contributed by atoms with van der Waals surface area (Å²) in [7, 11) is 0. The molecule has 0 bridgehead atoms. The van der Waals surface area contributed by atoms with Crippen LogP contribution >= 0.6 is 0 Å². The predicted octanol–water partition coefficient (Wildman–Crippen LogP) is 12.9. The molecule has 0 fully saturated rings. The van der Waals surface area contributed by atoms with Crippen LogP contribution in [0.15, 0.2) is 168 Å². The molecule has 277 valence electrons. The normalized spacial score (nSPS) is 11.3. The minimum Gasteiger partial charge on any atom is -0.498 e. The van der Waals surface area contributed by atoms with E-state index in [-0.39, 0.29) is 25.5 Å². The van der Waals surface area contributed by atoms with Crippen LogP contribution in [-0.4, -0.2) is 14.5 Å². The second-order valence-electron chi connectivity index (χ2n) is 14.7. The van der Waals surface area contributed by atoms with E-state index in [0.29, 0.717) is 16.7 Å². The van der Waals surface area contributed by atoms with Crippen molar-refractivity contribution in [1.82, 2.24) is 14.5 Å². The number of benzene rings is 6. The molecule has 0 amide bonds. The maximum atomic E-state index is 10.3. The van der Waals surface area contributed by atoms with Crippen molar-refractivity contribution in [2.24, 2.45) is 0 Å². The Kier molecular flexibility index (Phi) is 10.1. The number of hydrogen-bond acceptors (Lipinski definition) is 4. The Balaban J connectivity index is 0.000000226. The van der Waals surface area contributed by atoms with Crippen LogP contribution < -0.4 is 0 Å². The fraction of sp³-hybridized carbons (Fsp3) is 0.0784. The summed E-state index contributed by atoms with van der Waals surface area (Å²) in [6.07, 6.45) is 3.72. The van der Waals surface area contributed by atoms with E-state index >= 15 is 0 Å². The first-order valence-corrected chi connectivity index (χ1v) is 18.6. The zero-order valence-corrected chi connectivity index (χ0v) is 34.0. The zero-order valence-electron chi connectivity index (χ0n) is 31.6. The van der Waals surface area contributed by atoms with Crippen molar-refractivity contribution in [2.75, 3.05) is 0 Å². The Morgan fingerprint density at radius 1 is 0.632 bits per heavy atom. The van der Waals surface area contributed by atoms with E-state index < -0.39 is 0 Å². The van der Waals surface area contributed by atoms with Crippen molar-refractivity contribution < 1.29 is 24.5 Å². The maximum Gasteiger partial charge on any atom is 0.146 e. The third-order valence-corrected chi connectivity index (χ3v) is 10.2. The fourth-order valence-electron chi connectivity index (χ4n) is 7.47. The monoisotopic (exact) mass is 913 g/mol. The van der Waals surface area contributed by atoms with Gasteiger partial charge in [0.2, 0.25) is 0 Å². The summed E-state index contributed by atoms with van der Waals surface area (Å²) in [4.78, 5) is 9.03. The van der Waals surface area contributed by atoms with E-state index in [9.17, 15) is 5.26 Å². The summed E-state index contributed by atoms with van der Waals surface area (Å²) in [5.41, 5.74) is 12.0. The average Bonchev–Trinajstić information content (AvgIpc) is 3.80.